The highest BCUT2D eigenvalue weighted by Gasteiger charge is 2.16. The molecule has 3 aromatic rings. The molecule has 2 aromatic carbocycles. The van der Waals surface area contributed by atoms with Gasteiger partial charge in [0.15, 0.2) is 0 Å². The van der Waals surface area contributed by atoms with E-state index in [1.807, 2.05) is 14.1 Å². The van der Waals surface area contributed by atoms with Crippen LogP contribution in [0.25, 0.3) is 0 Å². The van der Waals surface area contributed by atoms with Gasteiger partial charge in [-0.3, -0.25) is 9.59 Å². The number of carbonyl (C=O) groups is 2. The Hall–Kier alpha value is -3.72. The molecule has 1 aromatic heterocycles. The average molecular weight is 496 g/mol. The molecule has 0 fully saturated rings. The van der Waals surface area contributed by atoms with Crippen LogP contribution < -0.4 is 15.4 Å². The molecule has 0 aliphatic heterocycles. The number of aromatic nitrogens is 1. The number of nitrogens with one attached hydrogen (secondary N) is 2. The van der Waals surface area contributed by atoms with Gasteiger partial charge in [-0.05, 0) is 64.0 Å². The minimum absolute atomic E-state index is 0.247. The van der Waals surface area contributed by atoms with Gasteiger partial charge in [0.25, 0.3) is 11.8 Å². The number of halogens is 1. The first kappa shape index (κ1) is 23.0. The second kappa shape index (κ2) is 10.5. The van der Waals surface area contributed by atoms with Gasteiger partial charge in [0.1, 0.15) is 11.6 Å². The smallest absolute Gasteiger partial charge is 0.259 e. The highest BCUT2D eigenvalue weighted by molar-refractivity contribution is 9.10. The van der Waals surface area contributed by atoms with Crippen LogP contribution in [-0.4, -0.2) is 49.2 Å². The monoisotopic (exact) mass is 495 g/mol. The number of methoxy groups -OCH3 is 1. The molecule has 0 radical (unpaired) electrons. The number of pyridine rings is 1. The summed E-state index contributed by atoms with van der Waals surface area (Å²) in [5.74, 6) is 0.0982. The van der Waals surface area contributed by atoms with Gasteiger partial charge in [-0.1, -0.05) is 12.1 Å². The maximum atomic E-state index is 12.9. The van der Waals surface area contributed by atoms with Crippen molar-refractivity contribution in [1.29, 1.82) is 0 Å². The molecule has 2 amide bonds. The number of ether oxygens (including phenoxy) is 1. The number of hydrogen-bond donors (Lipinski definition) is 2. The number of benzene rings is 2. The average Bonchev–Trinajstić information content (AvgIpc) is 2.79. The van der Waals surface area contributed by atoms with E-state index in [2.05, 4.69) is 36.6 Å². The van der Waals surface area contributed by atoms with E-state index in [9.17, 15) is 9.59 Å². The van der Waals surface area contributed by atoms with Crippen molar-refractivity contribution in [3.05, 3.63) is 82.0 Å². The van der Waals surface area contributed by atoms with Crippen LogP contribution in [0.5, 0.6) is 5.75 Å². The van der Waals surface area contributed by atoms with Crippen LogP contribution in [-0.2, 0) is 0 Å². The van der Waals surface area contributed by atoms with E-state index in [-0.39, 0.29) is 11.5 Å². The standard InChI is InChI=1S/C23H22BrN5O3/c1-29(2)26-13-15-4-6-16(7-5-15)22(30)27-20-10-9-18(32-3)12-19(20)23(31)28-21-11-8-17(24)14-25-21/h4-14H,1-3H3,(H,27,30)(H,25,28,31). The van der Waals surface area contributed by atoms with Crippen molar-refractivity contribution >= 4 is 45.5 Å². The minimum atomic E-state index is -0.427. The summed E-state index contributed by atoms with van der Waals surface area (Å²) >= 11 is 3.31. The summed E-state index contributed by atoms with van der Waals surface area (Å²) in [6, 6.07) is 15.3. The van der Waals surface area contributed by atoms with E-state index in [0.717, 1.165) is 10.0 Å². The predicted molar refractivity (Wildman–Crippen MR) is 129 cm³/mol. The lowest BCUT2D eigenvalue weighted by Crippen LogP contribution is -2.19. The SMILES string of the molecule is COc1ccc(NC(=O)c2ccc(C=NN(C)C)cc2)c(C(=O)Nc2ccc(Br)cn2)c1. The predicted octanol–water partition coefficient (Wildman–Crippen LogP) is 4.25. The molecule has 1 heterocycles. The molecule has 3 rings (SSSR count). The third-order valence-electron chi connectivity index (χ3n) is 4.30. The fourth-order valence-corrected chi connectivity index (χ4v) is 2.91. The molecule has 0 atom stereocenters. The molecule has 8 nitrogen and oxygen atoms in total. The first-order valence-corrected chi connectivity index (χ1v) is 10.4. The fraction of sp³-hybridized carbons (Fsp3) is 0.130. The second-order valence-electron chi connectivity index (χ2n) is 6.90. The number of amides is 2. The van der Waals surface area contributed by atoms with Crippen molar-refractivity contribution in [2.75, 3.05) is 31.8 Å². The van der Waals surface area contributed by atoms with E-state index in [1.165, 1.54) is 7.11 Å². The molecule has 2 N–H and O–H groups in total. The van der Waals surface area contributed by atoms with Gasteiger partial charge >= 0.3 is 0 Å². The highest BCUT2D eigenvalue weighted by Crippen LogP contribution is 2.24. The molecule has 0 unspecified atom stereocenters. The maximum absolute atomic E-state index is 12.9. The largest absolute Gasteiger partial charge is 0.497 e. The van der Waals surface area contributed by atoms with Crippen LogP contribution in [0.4, 0.5) is 11.5 Å². The van der Waals surface area contributed by atoms with Gasteiger partial charge in [-0.2, -0.15) is 5.10 Å². The van der Waals surface area contributed by atoms with Crippen LogP contribution in [0.2, 0.25) is 0 Å². The van der Waals surface area contributed by atoms with Crippen molar-refractivity contribution in [3.63, 3.8) is 0 Å². The zero-order chi connectivity index (χ0) is 23.1. The molecule has 164 valence electrons. The molecular weight excluding hydrogens is 474 g/mol. The van der Waals surface area contributed by atoms with Crippen LogP contribution in [0, 0.1) is 0 Å². The third kappa shape index (κ3) is 6.14. The van der Waals surface area contributed by atoms with Crippen molar-refractivity contribution in [1.82, 2.24) is 9.99 Å². The lowest BCUT2D eigenvalue weighted by atomic mass is 10.1. The quantitative estimate of drug-likeness (QED) is 0.377. The molecule has 32 heavy (non-hydrogen) atoms. The van der Waals surface area contributed by atoms with Gasteiger partial charge in [-0.25, -0.2) is 4.98 Å². The maximum Gasteiger partial charge on any atom is 0.259 e. The van der Waals surface area contributed by atoms with Crippen LogP contribution in [0.1, 0.15) is 26.3 Å². The highest BCUT2D eigenvalue weighted by atomic mass is 79.9. The normalized spacial score (nSPS) is 10.6. The van der Waals surface area contributed by atoms with E-state index in [1.54, 1.807) is 72.0 Å². The van der Waals surface area contributed by atoms with Gasteiger partial charge in [0, 0.05) is 30.3 Å². The van der Waals surface area contributed by atoms with Crippen LogP contribution in [0.15, 0.2) is 70.4 Å². The summed E-state index contributed by atoms with van der Waals surface area (Å²) in [7, 11) is 5.16. The molecule has 9 heteroatoms. The Labute approximate surface area is 194 Å². The zero-order valence-corrected chi connectivity index (χ0v) is 19.4. The Morgan fingerprint density at radius 3 is 2.41 bits per heavy atom. The van der Waals surface area contributed by atoms with Crippen molar-refractivity contribution in [2.45, 2.75) is 0 Å². The Balaban J connectivity index is 1.80. The number of hydrazone groups is 1. The molecular formula is C23H22BrN5O3. The number of rotatable bonds is 7. The first-order valence-electron chi connectivity index (χ1n) is 9.59. The first-order chi connectivity index (χ1) is 15.4. The Bertz CT molecular complexity index is 1130. The number of carbonyl (C=O) groups excluding carboxylic acids is 2. The van der Waals surface area contributed by atoms with Crippen molar-refractivity contribution < 1.29 is 14.3 Å². The third-order valence-corrected chi connectivity index (χ3v) is 4.77. The van der Waals surface area contributed by atoms with Crippen molar-refractivity contribution in [2.24, 2.45) is 5.10 Å². The van der Waals surface area contributed by atoms with Gasteiger partial charge < -0.3 is 20.4 Å². The summed E-state index contributed by atoms with van der Waals surface area (Å²) < 4.78 is 6.03. The van der Waals surface area contributed by atoms with E-state index in [4.69, 9.17) is 4.74 Å². The summed E-state index contributed by atoms with van der Waals surface area (Å²) in [6.45, 7) is 0. The summed E-state index contributed by atoms with van der Waals surface area (Å²) in [4.78, 5) is 29.8. The minimum Gasteiger partial charge on any atom is -0.497 e. The molecule has 0 saturated heterocycles. The fourth-order valence-electron chi connectivity index (χ4n) is 2.68. The molecule has 0 spiro atoms. The summed E-state index contributed by atoms with van der Waals surface area (Å²) in [5, 5.41) is 11.4. The van der Waals surface area contributed by atoms with Gasteiger partial charge in [0.2, 0.25) is 0 Å². The Morgan fingerprint density at radius 2 is 1.78 bits per heavy atom. The topological polar surface area (TPSA) is 95.9 Å². The van der Waals surface area contributed by atoms with Gasteiger partial charge in [-0.15, -0.1) is 0 Å². The van der Waals surface area contributed by atoms with E-state index >= 15 is 0 Å². The lowest BCUT2D eigenvalue weighted by molar-refractivity contribution is 0.102. The second-order valence-corrected chi connectivity index (χ2v) is 7.81. The Kier molecular flexibility index (Phi) is 7.56. The van der Waals surface area contributed by atoms with Crippen LogP contribution >= 0.6 is 15.9 Å². The van der Waals surface area contributed by atoms with E-state index < -0.39 is 5.91 Å². The molecule has 0 aliphatic rings. The molecule has 0 aliphatic carbocycles. The molecule has 0 saturated carbocycles. The van der Waals surface area contributed by atoms with Crippen molar-refractivity contribution in [3.8, 4) is 5.75 Å². The number of nitrogens with zero attached hydrogens (tertiary/aromatic N) is 3. The molecule has 0 bridgehead atoms. The zero-order valence-electron chi connectivity index (χ0n) is 17.8. The number of anilines is 2. The summed E-state index contributed by atoms with van der Waals surface area (Å²) in [6.07, 6.45) is 3.28. The lowest BCUT2D eigenvalue weighted by Gasteiger charge is -2.13. The van der Waals surface area contributed by atoms with Crippen LogP contribution in [0.3, 0.4) is 0 Å². The van der Waals surface area contributed by atoms with E-state index in [0.29, 0.717) is 22.8 Å². The van der Waals surface area contributed by atoms with Gasteiger partial charge in [0.05, 0.1) is 24.6 Å². The Morgan fingerprint density at radius 1 is 1.03 bits per heavy atom. The number of hydrogen-bond acceptors (Lipinski definition) is 6. The summed E-state index contributed by atoms with van der Waals surface area (Å²) in [5.41, 5.74) is 1.91.